The zero-order valence-electron chi connectivity index (χ0n) is 12.5. The lowest BCUT2D eigenvalue weighted by Crippen LogP contribution is -2.43. The molecule has 3 nitrogen and oxygen atoms in total. The number of hydrogen-bond acceptors (Lipinski definition) is 4. The van der Waals surface area contributed by atoms with Crippen LogP contribution in [0.1, 0.15) is 37.1 Å². The average molecular weight is 313 g/mol. The molecule has 2 rings (SSSR count). The Morgan fingerprint density at radius 3 is 3.05 bits per heavy atom. The summed E-state index contributed by atoms with van der Waals surface area (Å²) in [5.74, 6) is 0.125. The van der Waals surface area contributed by atoms with Crippen molar-refractivity contribution in [3.63, 3.8) is 0 Å². The third-order valence-electron chi connectivity index (χ3n) is 4.03. The Hall–Kier alpha value is -0.520. The number of thioether (sulfide) groups is 1. The number of amides is 1. The minimum atomic E-state index is 0.107. The van der Waals surface area contributed by atoms with Gasteiger partial charge < -0.3 is 5.32 Å². The molecule has 1 aliphatic carbocycles. The fraction of sp³-hybridized carbons (Fsp3) is 0.667. The highest BCUT2D eigenvalue weighted by molar-refractivity contribution is 7.99. The molecule has 5 heteroatoms. The van der Waals surface area contributed by atoms with E-state index in [4.69, 9.17) is 0 Å². The quantitative estimate of drug-likeness (QED) is 0.876. The van der Waals surface area contributed by atoms with Crippen LogP contribution in [0.4, 0.5) is 0 Å². The van der Waals surface area contributed by atoms with Crippen molar-refractivity contribution in [2.75, 3.05) is 19.8 Å². The fourth-order valence-electron chi connectivity index (χ4n) is 2.93. The Bertz CT molecular complexity index is 422. The maximum atomic E-state index is 12.2. The van der Waals surface area contributed by atoms with Crippen LogP contribution in [0.3, 0.4) is 0 Å². The Morgan fingerprint density at radius 1 is 1.60 bits per heavy atom. The summed E-state index contributed by atoms with van der Waals surface area (Å²) in [6.45, 7) is 2.54. The maximum absolute atomic E-state index is 12.2. The third-order valence-corrected chi connectivity index (χ3v) is 6.24. The van der Waals surface area contributed by atoms with Crippen LogP contribution in [0.25, 0.3) is 0 Å². The second-order valence-electron chi connectivity index (χ2n) is 5.49. The van der Waals surface area contributed by atoms with E-state index in [1.807, 2.05) is 30.1 Å². The van der Waals surface area contributed by atoms with Gasteiger partial charge in [-0.25, -0.2) is 0 Å². The summed E-state index contributed by atoms with van der Waals surface area (Å²) in [4.78, 5) is 15.6. The molecular weight excluding hydrogens is 288 g/mol. The Kier molecular flexibility index (Phi) is 5.93. The molecule has 0 spiro atoms. The standard InChI is InChI=1S/C15H24N2OS2/c1-11(13-8-5-9-20-13)16-15(18)10-17(2)12-6-4-7-14(12)19-3/h5,8-9,11-12,14H,4,6-7,10H2,1-3H3,(H,16,18)/t11-,12-,14-/m1/s1. The number of carbonyl (C=O) groups excluding carboxylic acids is 1. The normalized spacial score (nSPS) is 24.0. The monoisotopic (exact) mass is 312 g/mol. The van der Waals surface area contributed by atoms with Crippen LogP contribution >= 0.6 is 23.1 Å². The Balaban J connectivity index is 1.82. The van der Waals surface area contributed by atoms with Crippen molar-refractivity contribution in [2.24, 2.45) is 0 Å². The van der Waals surface area contributed by atoms with Gasteiger partial charge in [0.15, 0.2) is 0 Å². The van der Waals surface area contributed by atoms with Crippen molar-refractivity contribution in [1.29, 1.82) is 0 Å². The van der Waals surface area contributed by atoms with Crippen LogP contribution in [-0.4, -0.2) is 41.9 Å². The molecule has 0 saturated heterocycles. The van der Waals surface area contributed by atoms with Crippen molar-refractivity contribution < 1.29 is 4.79 Å². The van der Waals surface area contributed by atoms with Crippen molar-refractivity contribution in [2.45, 2.75) is 43.5 Å². The van der Waals surface area contributed by atoms with Crippen LogP contribution in [-0.2, 0) is 4.79 Å². The SMILES string of the molecule is CS[C@@H]1CCC[C@H]1N(C)CC(=O)N[C@H](C)c1cccs1. The van der Waals surface area contributed by atoms with E-state index in [0.717, 1.165) is 0 Å². The van der Waals surface area contributed by atoms with Gasteiger partial charge in [0.25, 0.3) is 0 Å². The predicted molar refractivity (Wildman–Crippen MR) is 88.4 cm³/mol. The first-order valence-electron chi connectivity index (χ1n) is 7.17. The first-order chi connectivity index (χ1) is 9.61. The molecule has 3 atom stereocenters. The van der Waals surface area contributed by atoms with Gasteiger partial charge in [0.05, 0.1) is 12.6 Å². The topological polar surface area (TPSA) is 32.3 Å². The van der Waals surface area contributed by atoms with Crippen molar-refractivity contribution >= 4 is 29.0 Å². The first-order valence-corrected chi connectivity index (χ1v) is 9.34. The molecule has 1 aromatic heterocycles. The average Bonchev–Trinajstić information content (AvgIpc) is 3.09. The van der Waals surface area contributed by atoms with Gasteiger partial charge in [0, 0.05) is 16.2 Å². The number of rotatable bonds is 6. The van der Waals surface area contributed by atoms with Crippen LogP contribution in [0.5, 0.6) is 0 Å². The summed E-state index contributed by atoms with van der Waals surface area (Å²) in [6.07, 6.45) is 5.96. The number of carbonyl (C=O) groups is 1. The van der Waals surface area contributed by atoms with E-state index in [2.05, 4.69) is 29.6 Å². The summed E-state index contributed by atoms with van der Waals surface area (Å²) < 4.78 is 0. The molecule has 0 aliphatic heterocycles. The highest BCUT2D eigenvalue weighted by atomic mass is 32.2. The number of nitrogens with zero attached hydrogens (tertiary/aromatic N) is 1. The lowest BCUT2D eigenvalue weighted by atomic mass is 10.2. The fourth-order valence-corrected chi connectivity index (χ4v) is 4.72. The number of nitrogens with one attached hydrogen (secondary N) is 1. The second-order valence-corrected chi connectivity index (χ2v) is 7.55. The van der Waals surface area contributed by atoms with Gasteiger partial charge in [0.1, 0.15) is 0 Å². The molecule has 1 aliphatic rings. The minimum Gasteiger partial charge on any atom is -0.348 e. The molecule has 0 unspecified atom stereocenters. The summed E-state index contributed by atoms with van der Waals surface area (Å²) in [6, 6.07) is 4.75. The highest BCUT2D eigenvalue weighted by Gasteiger charge is 2.30. The highest BCUT2D eigenvalue weighted by Crippen LogP contribution is 2.31. The molecule has 1 amide bonds. The molecule has 1 N–H and O–H groups in total. The smallest absolute Gasteiger partial charge is 0.234 e. The van der Waals surface area contributed by atoms with Gasteiger partial charge in [0.2, 0.25) is 5.91 Å². The molecule has 0 bridgehead atoms. The zero-order valence-corrected chi connectivity index (χ0v) is 14.1. The van der Waals surface area contributed by atoms with Crippen LogP contribution in [0, 0.1) is 0 Å². The molecule has 0 aromatic carbocycles. The Morgan fingerprint density at radius 2 is 2.40 bits per heavy atom. The molecule has 1 aromatic rings. The molecule has 1 saturated carbocycles. The van der Waals surface area contributed by atoms with Crippen LogP contribution in [0.15, 0.2) is 17.5 Å². The van der Waals surface area contributed by atoms with E-state index < -0.39 is 0 Å². The van der Waals surface area contributed by atoms with E-state index >= 15 is 0 Å². The van der Waals surface area contributed by atoms with Gasteiger partial charge in [-0.1, -0.05) is 12.5 Å². The van der Waals surface area contributed by atoms with Gasteiger partial charge >= 0.3 is 0 Å². The van der Waals surface area contributed by atoms with E-state index in [-0.39, 0.29) is 11.9 Å². The summed E-state index contributed by atoms with van der Waals surface area (Å²) in [7, 11) is 2.08. The first kappa shape index (κ1) is 15.9. The predicted octanol–water partition coefficient (Wildman–Crippen LogP) is 3.14. The van der Waals surface area contributed by atoms with E-state index in [1.54, 1.807) is 11.3 Å². The molecule has 1 heterocycles. The molecule has 112 valence electrons. The van der Waals surface area contributed by atoms with Gasteiger partial charge in [-0.15, -0.1) is 11.3 Å². The second kappa shape index (κ2) is 7.48. The van der Waals surface area contributed by atoms with Gasteiger partial charge in [-0.05, 0) is 44.5 Å². The molecular formula is C15H24N2OS2. The van der Waals surface area contributed by atoms with E-state index in [0.29, 0.717) is 17.8 Å². The zero-order chi connectivity index (χ0) is 14.5. The van der Waals surface area contributed by atoms with Gasteiger partial charge in [-0.3, -0.25) is 9.69 Å². The maximum Gasteiger partial charge on any atom is 0.234 e. The van der Waals surface area contributed by atoms with Crippen molar-refractivity contribution in [1.82, 2.24) is 10.2 Å². The summed E-state index contributed by atoms with van der Waals surface area (Å²) in [5.41, 5.74) is 0. The van der Waals surface area contributed by atoms with E-state index in [9.17, 15) is 4.79 Å². The number of hydrogen-bond donors (Lipinski definition) is 1. The van der Waals surface area contributed by atoms with E-state index in [1.165, 1.54) is 24.1 Å². The van der Waals surface area contributed by atoms with Gasteiger partial charge in [-0.2, -0.15) is 11.8 Å². The van der Waals surface area contributed by atoms with Crippen LogP contribution < -0.4 is 5.32 Å². The van der Waals surface area contributed by atoms with Crippen LogP contribution in [0.2, 0.25) is 0 Å². The van der Waals surface area contributed by atoms with Crippen molar-refractivity contribution in [3.05, 3.63) is 22.4 Å². The lowest BCUT2D eigenvalue weighted by molar-refractivity contribution is -0.123. The Labute approximate surface area is 130 Å². The minimum absolute atomic E-state index is 0.107. The van der Waals surface area contributed by atoms with Crippen molar-refractivity contribution in [3.8, 4) is 0 Å². The summed E-state index contributed by atoms with van der Waals surface area (Å²) >= 11 is 3.63. The largest absolute Gasteiger partial charge is 0.348 e. The third kappa shape index (κ3) is 3.99. The molecule has 0 radical (unpaired) electrons. The molecule has 20 heavy (non-hydrogen) atoms. The summed E-state index contributed by atoms with van der Waals surface area (Å²) in [5, 5.41) is 5.82. The lowest BCUT2D eigenvalue weighted by Gasteiger charge is -2.28. The number of thiophene rings is 1. The molecule has 1 fully saturated rings. The number of likely N-dealkylation sites (N-methyl/N-ethyl adjacent to an activating group) is 1.